The minimum absolute atomic E-state index is 0.0353. The van der Waals surface area contributed by atoms with Crippen LogP contribution < -0.4 is 14.4 Å². The third kappa shape index (κ3) is 43.5. The van der Waals surface area contributed by atoms with E-state index in [-0.39, 0.29) is 30.8 Å². The number of hydrogen-bond donors (Lipinski definition) is 3. The van der Waals surface area contributed by atoms with Gasteiger partial charge in [-0.05, 0) is 62.8 Å². The number of para-hydroxylation sites is 2. The lowest BCUT2D eigenvalue weighted by atomic mass is 10.0. The number of esters is 3. The van der Waals surface area contributed by atoms with Gasteiger partial charge >= 0.3 is 25.7 Å². The lowest BCUT2D eigenvalue weighted by Gasteiger charge is -2.34. The van der Waals surface area contributed by atoms with Gasteiger partial charge in [0.2, 0.25) is 5.91 Å². The molecular weight excluding hydrogens is 1160 g/mol. The first kappa shape index (κ1) is 81.8. The van der Waals surface area contributed by atoms with E-state index in [0.29, 0.717) is 44.8 Å². The van der Waals surface area contributed by atoms with E-state index < -0.39 is 81.2 Å². The Hall–Kier alpha value is -4.30. The lowest BCUT2D eigenvalue weighted by molar-refractivity contribution is -0.169. The molecule has 0 bridgehead atoms. The smallest absolute Gasteiger partial charge is 0.462 e. The molecule has 0 spiro atoms. The topological polar surface area (TPSA) is 210 Å². The van der Waals surface area contributed by atoms with E-state index in [1.165, 1.54) is 166 Å². The second-order valence-corrected chi connectivity index (χ2v) is 26.7. The summed E-state index contributed by atoms with van der Waals surface area (Å²) in [6, 6.07) is 14.1. The summed E-state index contributed by atoms with van der Waals surface area (Å²) in [7, 11) is -4.98. The number of rotatable bonds is 63. The summed E-state index contributed by atoms with van der Waals surface area (Å²) in [5.74, 6) is -2.51. The van der Waals surface area contributed by atoms with Crippen LogP contribution in [0.1, 0.15) is 323 Å². The summed E-state index contributed by atoms with van der Waals surface area (Å²) in [5.41, 5.74) is 0. The predicted molar refractivity (Wildman–Crippen MR) is 362 cm³/mol. The first-order chi connectivity index (χ1) is 43.9. The molecule has 90 heavy (non-hydrogen) atoms. The number of carbonyl (C=O) groups excluding carboxylic acids is 5. The highest BCUT2D eigenvalue weighted by Gasteiger charge is 2.46. The first-order valence-electron chi connectivity index (χ1n) is 36.3. The summed E-state index contributed by atoms with van der Waals surface area (Å²) < 4.78 is 51.2. The van der Waals surface area contributed by atoms with Crippen LogP contribution in [0.15, 0.2) is 60.7 Å². The fourth-order valence-corrected chi connectivity index (χ4v) is 12.8. The van der Waals surface area contributed by atoms with Crippen molar-refractivity contribution in [3.63, 3.8) is 0 Å². The fraction of sp³-hybridized carbons (Fsp3) is 0.770. The Bertz CT molecular complexity index is 2050. The van der Waals surface area contributed by atoms with E-state index in [2.05, 4.69) is 33.0 Å². The molecule has 0 heterocycles. The van der Waals surface area contributed by atoms with Crippen LogP contribution in [-0.2, 0) is 47.3 Å². The third-order valence-corrected chi connectivity index (χ3v) is 18.2. The van der Waals surface area contributed by atoms with E-state index >= 15 is 4.57 Å². The van der Waals surface area contributed by atoms with Crippen molar-refractivity contribution in [1.29, 1.82) is 0 Å². The van der Waals surface area contributed by atoms with E-state index in [4.69, 9.17) is 27.8 Å². The summed E-state index contributed by atoms with van der Waals surface area (Å²) in [5, 5.41) is 25.0. The molecule has 0 aliphatic rings. The Kier molecular flexibility index (Phi) is 51.1. The van der Waals surface area contributed by atoms with Crippen molar-refractivity contribution in [3.8, 4) is 11.5 Å². The number of unbranched alkanes of at least 4 members (excludes halogenated alkanes) is 36. The van der Waals surface area contributed by atoms with Crippen LogP contribution in [0.2, 0.25) is 0 Å². The maximum atomic E-state index is 15.1. The monoisotopic (exact) mass is 1280 g/mol. The molecule has 16 heteroatoms. The number of ether oxygens (including phenoxy) is 3. The summed E-state index contributed by atoms with van der Waals surface area (Å²) >= 11 is 0. The zero-order valence-corrected chi connectivity index (χ0v) is 57.7. The van der Waals surface area contributed by atoms with E-state index in [1.54, 1.807) is 36.4 Å². The van der Waals surface area contributed by atoms with Gasteiger partial charge in [-0.3, -0.25) is 23.7 Å². The molecule has 0 radical (unpaired) electrons. The number of aliphatic hydroxyl groups is 2. The Morgan fingerprint density at radius 1 is 0.433 bits per heavy atom. The molecule has 0 saturated carbocycles. The van der Waals surface area contributed by atoms with Gasteiger partial charge in [0.25, 0.3) is 0 Å². The zero-order chi connectivity index (χ0) is 65.4. The van der Waals surface area contributed by atoms with Crippen molar-refractivity contribution in [1.82, 2.24) is 5.32 Å². The second-order valence-electron chi connectivity index (χ2n) is 25.2. The van der Waals surface area contributed by atoms with Crippen LogP contribution in [0.3, 0.4) is 0 Å². The molecule has 2 aromatic rings. The van der Waals surface area contributed by atoms with Crippen molar-refractivity contribution < 1.29 is 66.5 Å². The van der Waals surface area contributed by atoms with Gasteiger partial charge in [-0.25, -0.2) is 4.57 Å². The molecule has 0 unspecified atom stereocenters. The van der Waals surface area contributed by atoms with Gasteiger partial charge in [0, 0.05) is 12.8 Å². The number of hydrogen-bond acceptors (Lipinski definition) is 14. The first-order valence-corrected chi connectivity index (χ1v) is 37.8. The normalized spacial score (nSPS) is 13.6. The van der Waals surface area contributed by atoms with Crippen molar-refractivity contribution in [2.24, 2.45) is 0 Å². The molecule has 1 amide bonds. The molecule has 0 fully saturated rings. The fourth-order valence-electron chi connectivity index (χ4n) is 11.4. The van der Waals surface area contributed by atoms with Gasteiger partial charge in [0.1, 0.15) is 48.2 Å². The Morgan fingerprint density at radius 2 is 0.756 bits per heavy atom. The number of benzene rings is 2. The molecule has 0 saturated heterocycles. The number of nitrogens with one attached hydrogen (secondary N) is 1. The number of phosphoric acid groups is 1. The second kappa shape index (κ2) is 56.3. The highest BCUT2D eigenvalue weighted by atomic mass is 31.2. The summed E-state index contributed by atoms with van der Waals surface area (Å²) in [6.45, 7) is 7.79. The molecule has 0 aromatic heterocycles. The summed E-state index contributed by atoms with van der Waals surface area (Å²) in [4.78, 5) is 69.6. The highest BCUT2D eigenvalue weighted by Crippen LogP contribution is 2.51. The predicted octanol–water partition coefficient (Wildman–Crippen LogP) is 19.4. The van der Waals surface area contributed by atoms with Gasteiger partial charge in [-0.15, -0.1) is 0 Å². The molecule has 15 nitrogen and oxygen atoms in total. The number of amides is 1. The number of aliphatic hydroxyl groups excluding tert-OH is 2. The van der Waals surface area contributed by atoms with Crippen molar-refractivity contribution in [3.05, 3.63) is 60.7 Å². The Balaban J connectivity index is 2.47. The van der Waals surface area contributed by atoms with Crippen LogP contribution >= 0.6 is 7.82 Å². The van der Waals surface area contributed by atoms with E-state index in [0.717, 1.165) is 89.9 Å². The SMILES string of the molecule is CCCCCCCCCCCCCC(=O)O[C@H](CCCCCCCCCCC)CC(=O)N[C@@H](C=O)[C@@H](OC(=O)C[C@@H](CCCCCCCCCCC)OC(=O)CCCCCCCCCCCCC)[C@H](OP(=O)(Oc1ccccc1)Oc1ccccc1)[C@H](O)CO. The minimum atomic E-state index is -4.98. The van der Waals surface area contributed by atoms with Crippen LogP contribution in [0, 0.1) is 0 Å². The summed E-state index contributed by atoms with van der Waals surface area (Å²) in [6.07, 6.45) is 36.6. The average molecular weight is 1280 g/mol. The zero-order valence-electron chi connectivity index (χ0n) is 56.8. The molecule has 6 atom stereocenters. The van der Waals surface area contributed by atoms with Gasteiger partial charge in [-0.2, -0.15) is 0 Å². The van der Waals surface area contributed by atoms with Crippen molar-refractivity contribution in [2.75, 3.05) is 6.61 Å². The van der Waals surface area contributed by atoms with Crippen molar-refractivity contribution in [2.45, 2.75) is 360 Å². The Morgan fingerprint density at radius 3 is 1.09 bits per heavy atom. The van der Waals surface area contributed by atoms with Gasteiger partial charge in [-0.1, -0.05) is 295 Å². The van der Waals surface area contributed by atoms with Crippen LogP contribution in [-0.4, -0.2) is 83.5 Å². The molecule has 2 aromatic carbocycles. The van der Waals surface area contributed by atoms with E-state index in [9.17, 15) is 34.2 Å². The maximum Gasteiger partial charge on any atom is 0.588 e. The molecular formula is C74H126NO14P. The number of phosphoric ester groups is 1. The molecule has 516 valence electrons. The van der Waals surface area contributed by atoms with Crippen LogP contribution in [0.5, 0.6) is 11.5 Å². The average Bonchev–Trinajstić information content (AvgIpc) is 1.78. The maximum absolute atomic E-state index is 15.1. The molecule has 0 aliphatic heterocycles. The minimum Gasteiger partial charge on any atom is -0.462 e. The highest BCUT2D eigenvalue weighted by molar-refractivity contribution is 7.49. The largest absolute Gasteiger partial charge is 0.588 e. The van der Waals surface area contributed by atoms with Gasteiger partial charge in [0.15, 0.2) is 6.10 Å². The Labute approximate surface area is 545 Å². The van der Waals surface area contributed by atoms with Crippen LogP contribution in [0.4, 0.5) is 0 Å². The molecule has 2 rings (SSSR count). The standard InChI is InChI=1S/C74H126NO14P/c1-5-9-13-17-21-25-27-31-35-39-49-57-70(80)84-65(55-43-37-33-29-23-19-15-11-7-3)59-69(79)75-67(61-76)73(74(68(78)62-77)89-90(83,87-63-51-45-41-46-52-63)88-64-53-47-42-48-54-64)86-72(82)60-66(56-44-38-34-30-24-20-16-12-8-4)85-71(81)58-50-40-36-32-28-26-22-18-14-10-6-2/h41-42,45-48,51-54,61,65-68,73-74,77-78H,5-40,43-44,49-50,55-60,62H2,1-4H3,(H,75,79)/t65-,66-,67+,68-,73-,74-/m1/s1. The quantitative estimate of drug-likeness (QED) is 0.0185. The van der Waals surface area contributed by atoms with E-state index in [1.807, 2.05) is 0 Å². The lowest BCUT2D eigenvalue weighted by Crippen LogP contribution is -2.56. The third-order valence-electron chi connectivity index (χ3n) is 16.8. The number of aldehydes is 1. The number of carbonyl (C=O) groups is 5. The van der Waals surface area contributed by atoms with Crippen LogP contribution in [0.25, 0.3) is 0 Å². The molecule has 0 aliphatic carbocycles. The van der Waals surface area contributed by atoms with Crippen molar-refractivity contribution >= 4 is 37.9 Å². The van der Waals surface area contributed by atoms with Gasteiger partial charge < -0.3 is 43.6 Å². The van der Waals surface area contributed by atoms with Gasteiger partial charge in [0.05, 0.1) is 19.4 Å². The molecule has 3 N–H and O–H groups in total.